The van der Waals surface area contributed by atoms with Gasteiger partial charge in [-0.2, -0.15) is 0 Å². The summed E-state index contributed by atoms with van der Waals surface area (Å²) in [5, 5.41) is 7.98. The average Bonchev–Trinajstić information content (AvgIpc) is 2.43. The Bertz CT molecular complexity index is 652. The zero-order valence-corrected chi connectivity index (χ0v) is 14.5. The molecule has 0 spiro atoms. The topological polar surface area (TPSA) is 87.3 Å². The van der Waals surface area contributed by atoms with Crippen LogP contribution in [0.3, 0.4) is 0 Å². The van der Waals surface area contributed by atoms with Crippen molar-refractivity contribution < 1.29 is 14.4 Å². The second-order valence-electron chi connectivity index (χ2n) is 6.44. The van der Waals surface area contributed by atoms with Crippen LogP contribution in [-0.2, 0) is 9.59 Å². The van der Waals surface area contributed by atoms with Gasteiger partial charge in [0, 0.05) is 16.0 Å². The lowest BCUT2D eigenvalue weighted by Gasteiger charge is -2.22. The molecule has 1 heterocycles. The van der Waals surface area contributed by atoms with Crippen molar-refractivity contribution in [1.82, 2.24) is 10.6 Å². The third kappa shape index (κ3) is 4.72. The molecule has 0 bridgehead atoms. The Morgan fingerprint density at radius 1 is 1.30 bits per heavy atom. The Labute approximate surface area is 139 Å². The fourth-order valence-corrected chi connectivity index (χ4v) is 3.01. The van der Waals surface area contributed by atoms with E-state index in [4.69, 9.17) is 0 Å². The van der Waals surface area contributed by atoms with Crippen molar-refractivity contribution in [3.05, 3.63) is 23.8 Å². The van der Waals surface area contributed by atoms with Crippen LogP contribution < -0.4 is 16.0 Å². The van der Waals surface area contributed by atoms with Crippen LogP contribution in [0.1, 0.15) is 38.1 Å². The number of carbonyl (C=O) groups excluding carboxylic acids is 3. The Hall–Kier alpha value is -2.02. The highest BCUT2D eigenvalue weighted by Crippen LogP contribution is 2.35. The van der Waals surface area contributed by atoms with E-state index in [0.29, 0.717) is 11.3 Å². The molecular weight excluding hydrogens is 314 g/mol. The van der Waals surface area contributed by atoms with E-state index >= 15 is 0 Å². The lowest BCUT2D eigenvalue weighted by atomic mass is 10.1. The predicted octanol–water partition coefficient (Wildman–Crippen LogP) is 1.76. The first-order chi connectivity index (χ1) is 10.7. The van der Waals surface area contributed by atoms with Gasteiger partial charge in [0.15, 0.2) is 0 Å². The van der Waals surface area contributed by atoms with E-state index in [9.17, 15) is 14.4 Å². The molecule has 0 aliphatic carbocycles. The molecule has 0 aromatic heterocycles. The van der Waals surface area contributed by atoms with E-state index in [2.05, 4.69) is 16.0 Å². The first kappa shape index (κ1) is 17.3. The maximum atomic E-state index is 12.1. The number of fused-ring (bicyclic) bond motifs is 1. The van der Waals surface area contributed by atoms with Gasteiger partial charge in [-0.15, -0.1) is 11.8 Å². The SMILES string of the molecule is C[C@@H]1Sc2ccc(C(=O)NCC(=O)NC(C)(C)C)cc2NC1=O. The monoisotopic (exact) mass is 335 g/mol. The quantitative estimate of drug-likeness (QED) is 0.785. The smallest absolute Gasteiger partial charge is 0.251 e. The summed E-state index contributed by atoms with van der Waals surface area (Å²) < 4.78 is 0. The van der Waals surface area contributed by atoms with Gasteiger partial charge in [0.05, 0.1) is 17.5 Å². The number of thioether (sulfide) groups is 1. The fraction of sp³-hybridized carbons (Fsp3) is 0.438. The molecule has 1 aromatic rings. The van der Waals surface area contributed by atoms with Crippen LogP contribution in [0.2, 0.25) is 0 Å². The van der Waals surface area contributed by atoms with Crippen molar-refractivity contribution in [3.63, 3.8) is 0 Å². The van der Waals surface area contributed by atoms with Gasteiger partial charge in [-0.05, 0) is 45.9 Å². The van der Waals surface area contributed by atoms with Crippen LogP contribution in [0.5, 0.6) is 0 Å². The molecule has 3 amide bonds. The minimum atomic E-state index is -0.352. The molecule has 0 saturated carbocycles. The molecule has 2 rings (SSSR count). The second kappa shape index (κ2) is 6.62. The van der Waals surface area contributed by atoms with Gasteiger partial charge in [-0.1, -0.05) is 0 Å². The normalized spacial score (nSPS) is 17.0. The zero-order valence-electron chi connectivity index (χ0n) is 13.6. The van der Waals surface area contributed by atoms with Gasteiger partial charge < -0.3 is 16.0 Å². The zero-order chi connectivity index (χ0) is 17.2. The van der Waals surface area contributed by atoms with Gasteiger partial charge >= 0.3 is 0 Å². The summed E-state index contributed by atoms with van der Waals surface area (Å²) in [7, 11) is 0. The summed E-state index contributed by atoms with van der Waals surface area (Å²) in [6, 6.07) is 5.12. The van der Waals surface area contributed by atoms with Crippen molar-refractivity contribution in [3.8, 4) is 0 Å². The Morgan fingerprint density at radius 3 is 2.65 bits per heavy atom. The van der Waals surface area contributed by atoms with E-state index in [1.165, 1.54) is 11.8 Å². The van der Waals surface area contributed by atoms with Crippen molar-refractivity contribution in [1.29, 1.82) is 0 Å². The number of hydrogen-bond acceptors (Lipinski definition) is 4. The number of rotatable bonds is 3. The summed E-state index contributed by atoms with van der Waals surface area (Å²) in [5.74, 6) is -0.680. The van der Waals surface area contributed by atoms with Crippen LogP contribution in [0.25, 0.3) is 0 Å². The largest absolute Gasteiger partial charge is 0.350 e. The van der Waals surface area contributed by atoms with Gasteiger partial charge in [-0.25, -0.2) is 0 Å². The molecule has 0 unspecified atom stereocenters. The maximum absolute atomic E-state index is 12.1. The van der Waals surface area contributed by atoms with Crippen molar-refractivity contribution in [2.75, 3.05) is 11.9 Å². The number of amides is 3. The Morgan fingerprint density at radius 2 is 2.00 bits per heavy atom. The molecular formula is C16H21N3O3S. The number of hydrogen-bond donors (Lipinski definition) is 3. The minimum absolute atomic E-state index is 0.0791. The van der Waals surface area contributed by atoms with E-state index < -0.39 is 0 Å². The molecule has 6 nitrogen and oxygen atoms in total. The fourth-order valence-electron chi connectivity index (χ4n) is 2.08. The average molecular weight is 335 g/mol. The van der Waals surface area contributed by atoms with E-state index in [1.807, 2.05) is 27.7 Å². The van der Waals surface area contributed by atoms with Crippen LogP contribution in [0, 0.1) is 0 Å². The molecule has 0 saturated heterocycles. The summed E-state index contributed by atoms with van der Waals surface area (Å²) in [6.07, 6.45) is 0. The van der Waals surface area contributed by atoms with E-state index in [0.717, 1.165) is 4.90 Å². The summed E-state index contributed by atoms with van der Waals surface area (Å²) in [6.45, 7) is 7.36. The highest BCUT2D eigenvalue weighted by Gasteiger charge is 2.24. The molecule has 124 valence electrons. The van der Waals surface area contributed by atoms with E-state index in [-0.39, 0.29) is 35.1 Å². The lowest BCUT2D eigenvalue weighted by molar-refractivity contribution is -0.121. The van der Waals surface area contributed by atoms with Crippen molar-refractivity contribution in [2.45, 2.75) is 43.4 Å². The highest BCUT2D eigenvalue weighted by atomic mass is 32.2. The van der Waals surface area contributed by atoms with E-state index in [1.54, 1.807) is 18.2 Å². The number of nitrogens with one attached hydrogen (secondary N) is 3. The van der Waals surface area contributed by atoms with Gasteiger partial charge in [-0.3, -0.25) is 14.4 Å². The number of anilines is 1. The van der Waals surface area contributed by atoms with Crippen LogP contribution in [0.4, 0.5) is 5.69 Å². The third-order valence-corrected chi connectivity index (χ3v) is 4.27. The van der Waals surface area contributed by atoms with Crippen molar-refractivity contribution in [2.24, 2.45) is 0 Å². The van der Waals surface area contributed by atoms with Crippen LogP contribution in [-0.4, -0.2) is 35.1 Å². The molecule has 23 heavy (non-hydrogen) atoms. The lowest BCUT2D eigenvalue weighted by Crippen LogP contribution is -2.45. The Balaban J connectivity index is 2.00. The molecule has 1 atom stereocenters. The third-order valence-electron chi connectivity index (χ3n) is 3.10. The van der Waals surface area contributed by atoms with Gasteiger partial charge in [0.2, 0.25) is 11.8 Å². The molecule has 7 heteroatoms. The number of benzene rings is 1. The van der Waals surface area contributed by atoms with Gasteiger partial charge in [0.1, 0.15) is 0 Å². The van der Waals surface area contributed by atoms with Crippen LogP contribution >= 0.6 is 11.8 Å². The molecule has 1 aromatic carbocycles. The molecule has 3 N–H and O–H groups in total. The summed E-state index contributed by atoms with van der Waals surface area (Å²) >= 11 is 1.46. The molecule has 0 radical (unpaired) electrons. The summed E-state index contributed by atoms with van der Waals surface area (Å²) in [4.78, 5) is 36.5. The predicted molar refractivity (Wildman–Crippen MR) is 90.6 cm³/mol. The highest BCUT2D eigenvalue weighted by molar-refractivity contribution is 8.00. The minimum Gasteiger partial charge on any atom is -0.350 e. The summed E-state index contributed by atoms with van der Waals surface area (Å²) in [5.41, 5.74) is 0.693. The number of carbonyl (C=O) groups is 3. The maximum Gasteiger partial charge on any atom is 0.251 e. The van der Waals surface area contributed by atoms with Crippen molar-refractivity contribution >= 4 is 35.2 Å². The first-order valence-electron chi connectivity index (χ1n) is 7.36. The molecule has 1 aliphatic heterocycles. The first-order valence-corrected chi connectivity index (χ1v) is 8.24. The molecule has 0 fully saturated rings. The van der Waals surface area contributed by atoms with Gasteiger partial charge in [0.25, 0.3) is 5.91 Å². The second-order valence-corrected chi connectivity index (χ2v) is 7.82. The standard InChI is InChI=1S/C16H21N3O3S/c1-9-14(21)18-11-7-10(5-6-12(11)23-9)15(22)17-8-13(20)19-16(2,3)4/h5-7,9H,8H2,1-4H3,(H,17,22)(H,18,21)(H,19,20)/t9-/m0/s1. The molecule has 1 aliphatic rings. The Kier molecular flexibility index (Phi) is 4.99. The van der Waals surface area contributed by atoms with Crippen LogP contribution in [0.15, 0.2) is 23.1 Å².